The van der Waals surface area contributed by atoms with E-state index < -0.39 is 0 Å². The Bertz CT molecular complexity index is 164. The Morgan fingerprint density at radius 3 is 2.90 bits per heavy atom. The number of hydrogen-bond donors (Lipinski definition) is 1. The van der Waals surface area contributed by atoms with Crippen LogP contribution in [-0.2, 0) is 0 Å². The van der Waals surface area contributed by atoms with Gasteiger partial charge in [0, 0.05) is 24.9 Å². The predicted molar refractivity (Wildman–Crippen MR) is 41.6 cm³/mol. The van der Waals surface area contributed by atoms with E-state index in [2.05, 4.69) is 4.99 Å². The lowest BCUT2D eigenvalue weighted by Gasteiger charge is -1.93. The van der Waals surface area contributed by atoms with Gasteiger partial charge in [0.2, 0.25) is 0 Å². The van der Waals surface area contributed by atoms with Crippen LogP contribution in [0.15, 0.2) is 4.99 Å². The van der Waals surface area contributed by atoms with Crippen LogP contribution in [0.1, 0.15) is 19.8 Å². The van der Waals surface area contributed by atoms with Crippen LogP contribution in [0.2, 0.25) is 0 Å². The normalized spacial score (nSPS) is 10.6. The lowest BCUT2D eigenvalue weighted by Crippen LogP contribution is -1.97. The molecule has 0 aromatic heterocycles. The van der Waals surface area contributed by atoms with Gasteiger partial charge < -0.3 is 5.41 Å². The summed E-state index contributed by atoms with van der Waals surface area (Å²) in [4.78, 5) is 4.05. The van der Waals surface area contributed by atoms with E-state index in [4.69, 9.17) is 10.7 Å². The van der Waals surface area contributed by atoms with Crippen molar-refractivity contribution in [1.29, 1.82) is 10.7 Å². The van der Waals surface area contributed by atoms with Gasteiger partial charge in [-0.1, -0.05) is 0 Å². The third-order valence-corrected chi connectivity index (χ3v) is 1.00. The zero-order valence-corrected chi connectivity index (χ0v) is 6.09. The standard InChI is InChI=1S/C7H11N3/c1-2-10-7(3-5-8)4-6-9/h5,8H,2-4H2,1H3. The maximum atomic E-state index is 8.28. The van der Waals surface area contributed by atoms with Crippen LogP contribution in [0.4, 0.5) is 0 Å². The summed E-state index contributed by atoms with van der Waals surface area (Å²) < 4.78 is 0. The number of nitrogens with one attached hydrogen (secondary N) is 1. The average Bonchev–Trinajstić information content (AvgIpc) is 1.90. The van der Waals surface area contributed by atoms with E-state index in [1.807, 2.05) is 13.0 Å². The molecule has 0 heterocycles. The van der Waals surface area contributed by atoms with Gasteiger partial charge in [0.25, 0.3) is 0 Å². The summed E-state index contributed by atoms with van der Waals surface area (Å²) in [6, 6.07) is 2.00. The molecule has 0 spiro atoms. The van der Waals surface area contributed by atoms with Gasteiger partial charge >= 0.3 is 0 Å². The number of nitriles is 1. The molecule has 3 nitrogen and oxygen atoms in total. The Morgan fingerprint density at radius 2 is 2.50 bits per heavy atom. The molecule has 0 aliphatic carbocycles. The highest BCUT2D eigenvalue weighted by Crippen LogP contribution is 1.89. The SMILES string of the molecule is CCN=C(CC#N)CC=N. The summed E-state index contributed by atoms with van der Waals surface area (Å²) in [6.45, 7) is 2.62. The van der Waals surface area contributed by atoms with Crippen LogP contribution in [0.3, 0.4) is 0 Å². The van der Waals surface area contributed by atoms with E-state index in [0.29, 0.717) is 19.4 Å². The molecule has 0 bridgehead atoms. The fourth-order valence-electron chi connectivity index (χ4n) is 0.625. The van der Waals surface area contributed by atoms with Gasteiger partial charge in [-0.15, -0.1) is 0 Å². The molecule has 0 radical (unpaired) electrons. The average molecular weight is 137 g/mol. The van der Waals surface area contributed by atoms with Crippen molar-refractivity contribution in [2.24, 2.45) is 4.99 Å². The van der Waals surface area contributed by atoms with Crippen LogP contribution in [0.25, 0.3) is 0 Å². The van der Waals surface area contributed by atoms with Crippen molar-refractivity contribution in [3.63, 3.8) is 0 Å². The van der Waals surface area contributed by atoms with Crippen molar-refractivity contribution in [2.75, 3.05) is 6.54 Å². The van der Waals surface area contributed by atoms with Gasteiger partial charge in [0.15, 0.2) is 0 Å². The quantitative estimate of drug-likeness (QED) is 0.585. The first kappa shape index (κ1) is 8.83. The Balaban J connectivity index is 3.86. The summed E-state index contributed by atoms with van der Waals surface area (Å²) >= 11 is 0. The topological polar surface area (TPSA) is 60.0 Å². The highest BCUT2D eigenvalue weighted by atomic mass is 14.7. The first-order chi connectivity index (χ1) is 4.85. The summed E-state index contributed by atoms with van der Waals surface area (Å²) in [6.07, 6.45) is 2.14. The number of rotatable bonds is 4. The molecular weight excluding hydrogens is 126 g/mol. The highest BCUT2D eigenvalue weighted by Gasteiger charge is 1.93. The fourth-order valence-corrected chi connectivity index (χ4v) is 0.625. The molecule has 1 N–H and O–H groups in total. The molecule has 0 saturated carbocycles. The van der Waals surface area contributed by atoms with E-state index in [9.17, 15) is 0 Å². The molecule has 0 fully saturated rings. The molecule has 0 aliphatic heterocycles. The molecule has 0 amide bonds. The molecule has 0 rings (SSSR count). The molecule has 0 aromatic carbocycles. The predicted octanol–water partition coefficient (Wildman–Crippen LogP) is 1.40. The summed E-state index contributed by atoms with van der Waals surface area (Å²) in [7, 11) is 0. The van der Waals surface area contributed by atoms with Crippen LogP contribution in [0, 0.1) is 16.7 Å². The minimum Gasteiger partial charge on any atom is -0.313 e. The van der Waals surface area contributed by atoms with Crippen molar-refractivity contribution in [3.05, 3.63) is 0 Å². The third kappa shape index (κ3) is 3.79. The van der Waals surface area contributed by atoms with E-state index in [1.54, 1.807) is 0 Å². The van der Waals surface area contributed by atoms with Gasteiger partial charge in [-0.2, -0.15) is 5.26 Å². The lowest BCUT2D eigenvalue weighted by molar-refractivity contribution is 1.10. The van der Waals surface area contributed by atoms with Gasteiger partial charge in [0.05, 0.1) is 12.5 Å². The minimum absolute atomic E-state index is 0.350. The lowest BCUT2D eigenvalue weighted by atomic mass is 10.2. The number of nitrogens with zero attached hydrogens (tertiary/aromatic N) is 2. The van der Waals surface area contributed by atoms with Gasteiger partial charge in [0.1, 0.15) is 0 Å². The minimum atomic E-state index is 0.350. The van der Waals surface area contributed by atoms with Crippen molar-refractivity contribution >= 4 is 11.9 Å². The Labute approximate surface area is 60.9 Å². The first-order valence-electron chi connectivity index (χ1n) is 3.23. The molecule has 0 atom stereocenters. The molecular formula is C7H11N3. The monoisotopic (exact) mass is 137 g/mol. The van der Waals surface area contributed by atoms with Crippen LogP contribution >= 0.6 is 0 Å². The first-order valence-corrected chi connectivity index (χ1v) is 3.23. The summed E-state index contributed by atoms with van der Waals surface area (Å²) in [5, 5.41) is 15.1. The van der Waals surface area contributed by atoms with E-state index >= 15 is 0 Å². The summed E-state index contributed by atoms with van der Waals surface area (Å²) in [5.74, 6) is 0. The van der Waals surface area contributed by atoms with Crippen LogP contribution < -0.4 is 0 Å². The third-order valence-electron chi connectivity index (χ3n) is 1.00. The Kier molecular flexibility index (Phi) is 5.26. The van der Waals surface area contributed by atoms with Crippen LogP contribution in [-0.4, -0.2) is 18.5 Å². The maximum Gasteiger partial charge on any atom is 0.0734 e. The molecule has 0 aliphatic rings. The van der Waals surface area contributed by atoms with Gasteiger partial charge in [-0.3, -0.25) is 4.99 Å². The molecule has 10 heavy (non-hydrogen) atoms. The zero-order chi connectivity index (χ0) is 7.82. The van der Waals surface area contributed by atoms with Gasteiger partial charge in [-0.05, 0) is 6.92 Å². The molecule has 0 unspecified atom stereocenters. The number of aliphatic imine (C=N–C) groups is 1. The van der Waals surface area contributed by atoms with E-state index in [1.165, 1.54) is 6.21 Å². The Morgan fingerprint density at radius 1 is 1.80 bits per heavy atom. The maximum absolute atomic E-state index is 8.28. The van der Waals surface area contributed by atoms with E-state index in [-0.39, 0.29) is 0 Å². The zero-order valence-electron chi connectivity index (χ0n) is 6.09. The summed E-state index contributed by atoms with van der Waals surface area (Å²) in [5.41, 5.74) is 0.806. The second-order valence-electron chi connectivity index (χ2n) is 1.78. The second kappa shape index (κ2) is 5.96. The smallest absolute Gasteiger partial charge is 0.0734 e. The fraction of sp³-hybridized carbons (Fsp3) is 0.571. The number of hydrogen-bond acceptors (Lipinski definition) is 3. The molecule has 54 valence electrons. The molecule has 0 aromatic rings. The van der Waals surface area contributed by atoms with Crippen molar-refractivity contribution < 1.29 is 0 Å². The largest absolute Gasteiger partial charge is 0.313 e. The molecule has 0 saturated heterocycles. The second-order valence-corrected chi connectivity index (χ2v) is 1.78. The highest BCUT2D eigenvalue weighted by molar-refractivity contribution is 5.95. The van der Waals surface area contributed by atoms with Crippen LogP contribution in [0.5, 0.6) is 0 Å². The van der Waals surface area contributed by atoms with E-state index in [0.717, 1.165) is 5.71 Å². The molecule has 3 heteroatoms. The van der Waals surface area contributed by atoms with Crippen molar-refractivity contribution in [1.82, 2.24) is 0 Å². The van der Waals surface area contributed by atoms with Crippen molar-refractivity contribution in [2.45, 2.75) is 19.8 Å². The van der Waals surface area contributed by atoms with Gasteiger partial charge in [-0.25, -0.2) is 0 Å². The van der Waals surface area contributed by atoms with Crippen molar-refractivity contribution in [3.8, 4) is 6.07 Å². The Hall–Kier alpha value is -1.17.